The molecule has 98 valence electrons. The van der Waals surface area contributed by atoms with E-state index in [0.717, 1.165) is 12.8 Å². The molecule has 0 unspecified atom stereocenters. The number of rotatable bonds is 5. The molecule has 1 fully saturated rings. The van der Waals surface area contributed by atoms with Crippen molar-refractivity contribution in [3.05, 3.63) is 0 Å². The number of carbonyl (C=O) groups is 2. The number of thioether (sulfide) groups is 1. The molecule has 1 amide bonds. The molecule has 5 heteroatoms. The molecular formula is C12H21NO3S. The molecule has 0 aromatic carbocycles. The van der Waals surface area contributed by atoms with Crippen LogP contribution in [0.3, 0.4) is 0 Å². The van der Waals surface area contributed by atoms with Crippen molar-refractivity contribution in [2.24, 2.45) is 11.3 Å². The molecule has 1 aliphatic heterocycles. The van der Waals surface area contributed by atoms with Gasteiger partial charge in [-0.15, -0.1) is 0 Å². The molecule has 0 saturated carbocycles. The van der Waals surface area contributed by atoms with E-state index in [1.165, 1.54) is 11.5 Å². The van der Waals surface area contributed by atoms with Crippen LogP contribution in [0.4, 0.5) is 0 Å². The lowest BCUT2D eigenvalue weighted by atomic mass is 9.89. The highest BCUT2D eigenvalue weighted by atomic mass is 32.2. The van der Waals surface area contributed by atoms with Crippen molar-refractivity contribution in [2.75, 3.05) is 18.1 Å². The van der Waals surface area contributed by atoms with Gasteiger partial charge in [-0.2, -0.15) is 11.8 Å². The van der Waals surface area contributed by atoms with Gasteiger partial charge in [0.2, 0.25) is 5.91 Å². The summed E-state index contributed by atoms with van der Waals surface area (Å²) < 4.78 is 0. The average molecular weight is 259 g/mol. The summed E-state index contributed by atoms with van der Waals surface area (Å²) in [6.07, 6.45) is 2.34. The first-order valence-electron chi connectivity index (χ1n) is 5.99. The predicted octanol–water partition coefficient (Wildman–Crippen LogP) is 1.75. The van der Waals surface area contributed by atoms with Crippen LogP contribution in [0, 0.1) is 11.3 Å². The van der Waals surface area contributed by atoms with Crippen LogP contribution in [0.2, 0.25) is 0 Å². The van der Waals surface area contributed by atoms with Crippen molar-refractivity contribution < 1.29 is 14.7 Å². The summed E-state index contributed by atoms with van der Waals surface area (Å²) in [6.45, 7) is 3.84. The zero-order valence-electron chi connectivity index (χ0n) is 10.5. The minimum atomic E-state index is -0.980. The fraction of sp³-hybridized carbons (Fsp3) is 0.833. The third kappa shape index (κ3) is 4.98. The lowest BCUT2D eigenvalue weighted by Crippen LogP contribution is -2.36. The third-order valence-corrected chi connectivity index (χ3v) is 4.16. The minimum absolute atomic E-state index is 0.0454. The number of hydrogen-bond acceptors (Lipinski definition) is 3. The minimum Gasteiger partial charge on any atom is -0.481 e. The Balaban J connectivity index is 2.27. The van der Waals surface area contributed by atoms with Crippen LogP contribution in [-0.2, 0) is 9.59 Å². The van der Waals surface area contributed by atoms with Crippen molar-refractivity contribution in [1.82, 2.24) is 5.32 Å². The van der Waals surface area contributed by atoms with E-state index in [1.807, 2.05) is 11.8 Å². The van der Waals surface area contributed by atoms with Crippen molar-refractivity contribution in [3.63, 3.8) is 0 Å². The van der Waals surface area contributed by atoms with Crippen LogP contribution >= 0.6 is 11.8 Å². The van der Waals surface area contributed by atoms with Crippen LogP contribution in [0.15, 0.2) is 0 Å². The summed E-state index contributed by atoms with van der Waals surface area (Å²) in [4.78, 5) is 22.5. The highest BCUT2D eigenvalue weighted by Gasteiger charge is 2.30. The molecule has 0 aromatic rings. The van der Waals surface area contributed by atoms with E-state index in [1.54, 1.807) is 13.8 Å². The monoisotopic (exact) mass is 259 g/mol. The van der Waals surface area contributed by atoms with Crippen molar-refractivity contribution in [1.29, 1.82) is 0 Å². The van der Waals surface area contributed by atoms with Crippen LogP contribution in [0.1, 0.15) is 33.1 Å². The normalized spacial score (nSPS) is 17.8. The average Bonchev–Trinajstić information content (AvgIpc) is 2.27. The number of amides is 1. The molecule has 1 aliphatic rings. The highest BCUT2D eigenvalue weighted by Crippen LogP contribution is 2.23. The van der Waals surface area contributed by atoms with Gasteiger partial charge in [0, 0.05) is 13.0 Å². The van der Waals surface area contributed by atoms with Crippen LogP contribution in [-0.4, -0.2) is 35.0 Å². The predicted molar refractivity (Wildman–Crippen MR) is 69.1 cm³/mol. The number of carboxylic acid groups (broad SMARTS) is 1. The lowest BCUT2D eigenvalue weighted by molar-refractivity contribution is -0.149. The fourth-order valence-electron chi connectivity index (χ4n) is 1.75. The van der Waals surface area contributed by atoms with Crippen LogP contribution < -0.4 is 5.32 Å². The fourth-order valence-corrected chi connectivity index (χ4v) is 2.95. The highest BCUT2D eigenvalue weighted by molar-refractivity contribution is 7.99. The first-order valence-corrected chi connectivity index (χ1v) is 7.15. The number of nitrogens with one attached hydrogen (secondary N) is 1. The molecule has 1 heterocycles. The van der Waals surface area contributed by atoms with Crippen molar-refractivity contribution >= 4 is 23.6 Å². The van der Waals surface area contributed by atoms with Gasteiger partial charge in [0.1, 0.15) is 0 Å². The number of aliphatic carboxylic acids is 1. The maximum Gasteiger partial charge on any atom is 0.309 e. The van der Waals surface area contributed by atoms with E-state index in [-0.39, 0.29) is 12.3 Å². The maximum absolute atomic E-state index is 11.6. The van der Waals surface area contributed by atoms with E-state index in [4.69, 9.17) is 5.11 Å². The molecule has 0 spiro atoms. The summed E-state index contributed by atoms with van der Waals surface area (Å²) in [6, 6.07) is 0. The molecule has 2 N–H and O–H groups in total. The van der Waals surface area contributed by atoms with E-state index in [0.29, 0.717) is 12.5 Å². The van der Waals surface area contributed by atoms with Gasteiger partial charge in [-0.1, -0.05) is 0 Å². The van der Waals surface area contributed by atoms with Gasteiger partial charge in [-0.25, -0.2) is 0 Å². The van der Waals surface area contributed by atoms with Gasteiger partial charge in [0.15, 0.2) is 0 Å². The number of carboxylic acids is 1. The maximum atomic E-state index is 11.6. The smallest absolute Gasteiger partial charge is 0.309 e. The second-order valence-corrected chi connectivity index (χ2v) is 6.45. The second-order valence-electron chi connectivity index (χ2n) is 5.23. The molecule has 0 atom stereocenters. The van der Waals surface area contributed by atoms with Crippen LogP contribution in [0.25, 0.3) is 0 Å². The lowest BCUT2D eigenvalue weighted by Gasteiger charge is -2.23. The zero-order chi connectivity index (χ0) is 12.9. The van der Waals surface area contributed by atoms with Crippen molar-refractivity contribution in [3.8, 4) is 0 Å². The Morgan fingerprint density at radius 2 is 1.94 bits per heavy atom. The summed E-state index contributed by atoms with van der Waals surface area (Å²) in [7, 11) is 0. The Labute approximate surface area is 107 Å². The first kappa shape index (κ1) is 14.4. The first-order chi connectivity index (χ1) is 7.92. The topological polar surface area (TPSA) is 66.4 Å². The molecule has 0 bridgehead atoms. The number of hydrogen-bond donors (Lipinski definition) is 2. The van der Waals surface area contributed by atoms with Gasteiger partial charge >= 0.3 is 5.97 Å². The summed E-state index contributed by atoms with van der Waals surface area (Å²) >= 11 is 1.96. The SMILES string of the molecule is CC(C)(CC(=O)NCC1CCSCC1)C(=O)O. The Bertz CT molecular complexity index is 285. The van der Waals surface area contributed by atoms with Gasteiger partial charge in [0.05, 0.1) is 5.41 Å². The second kappa shape index (κ2) is 6.28. The van der Waals surface area contributed by atoms with Gasteiger partial charge < -0.3 is 10.4 Å². The molecule has 0 aliphatic carbocycles. The molecule has 1 rings (SSSR count). The molecule has 1 saturated heterocycles. The molecular weight excluding hydrogens is 238 g/mol. The Morgan fingerprint density at radius 3 is 2.47 bits per heavy atom. The Morgan fingerprint density at radius 1 is 1.35 bits per heavy atom. The van der Waals surface area contributed by atoms with E-state index in [2.05, 4.69) is 5.32 Å². The van der Waals surface area contributed by atoms with E-state index < -0.39 is 11.4 Å². The van der Waals surface area contributed by atoms with E-state index in [9.17, 15) is 9.59 Å². The van der Waals surface area contributed by atoms with Crippen LogP contribution in [0.5, 0.6) is 0 Å². The van der Waals surface area contributed by atoms with Crippen molar-refractivity contribution in [2.45, 2.75) is 33.1 Å². The van der Waals surface area contributed by atoms with E-state index >= 15 is 0 Å². The zero-order valence-corrected chi connectivity index (χ0v) is 11.3. The molecule has 0 aromatic heterocycles. The quantitative estimate of drug-likeness (QED) is 0.789. The third-order valence-electron chi connectivity index (χ3n) is 3.11. The molecule has 4 nitrogen and oxygen atoms in total. The van der Waals surface area contributed by atoms with Gasteiger partial charge in [-0.3, -0.25) is 9.59 Å². The standard InChI is InChI=1S/C12H21NO3S/c1-12(2,11(15)16)7-10(14)13-8-9-3-5-17-6-4-9/h9H,3-8H2,1-2H3,(H,13,14)(H,15,16). The Kier molecular flexibility index (Phi) is 5.31. The molecule has 0 radical (unpaired) electrons. The van der Waals surface area contributed by atoms with Gasteiger partial charge in [0.25, 0.3) is 0 Å². The summed E-state index contributed by atoms with van der Waals surface area (Å²) in [5.41, 5.74) is -0.980. The number of carbonyl (C=O) groups excluding carboxylic acids is 1. The Hall–Kier alpha value is -0.710. The van der Waals surface area contributed by atoms with Gasteiger partial charge in [-0.05, 0) is 44.1 Å². The summed E-state index contributed by atoms with van der Waals surface area (Å²) in [5, 5.41) is 11.8. The molecule has 17 heavy (non-hydrogen) atoms. The summed E-state index contributed by atoms with van der Waals surface area (Å²) in [5.74, 6) is 1.81. The largest absolute Gasteiger partial charge is 0.481 e.